The van der Waals surface area contributed by atoms with Crippen LogP contribution in [-0.4, -0.2) is 18.5 Å². The molecule has 1 aliphatic carbocycles. The SMILES string of the molecule is NC(=O)NCC(=O)N[C@@H]1CCc2ccccc21. The van der Waals surface area contributed by atoms with Gasteiger partial charge in [0.05, 0.1) is 12.6 Å². The molecule has 3 amide bonds. The van der Waals surface area contributed by atoms with Gasteiger partial charge in [0.15, 0.2) is 0 Å². The predicted octanol–water partition coefficient (Wildman–Crippen LogP) is 0.458. The van der Waals surface area contributed by atoms with Crippen molar-refractivity contribution in [3.63, 3.8) is 0 Å². The zero-order valence-corrected chi connectivity index (χ0v) is 9.40. The van der Waals surface area contributed by atoms with Crippen LogP contribution in [0, 0.1) is 0 Å². The van der Waals surface area contributed by atoms with Gasteiger partial charge in [-0.25, -0.2) is 4.79 Å². The lowest BCUT2D eigenvalue weighted by atomic mass is 10.1. The summed E-state index contributed by atoms with van der Waals surface area (Å²) in [7, 11) is 0. The Morgan fingerprint density at radius 2 is 2.12 bits per heavy atom. The van der Waals surface area contributed by atoms with Crippen molar-refractivity contribution in [2.75, 3.05) is 6.54 Å². The number of nitrogens with two attached hydrogens (primary N) is 1. The number of benzene rings is 1. The third-order valence-corrected chi connectivity index (χ3v) is 2.89. The monoisotopic (exact) mass is 233 g/mol. The van der Waals surface area contributed by atoms with E-state index in [4.69, 9.17) is 5.73 Å². The number of hydrogen-bond donors (Lipinski definition) is 3. The summed E-state index contributed by atoms with van der Waals surface area (Å²) < 4.78 is 0. The smallest absolute Gasteiger partial charge is 0.312 e. The Bertz CT molecular complexity index is 445. The van der Waals surface area contributed by atoms with Gasteiger partial charge in [0, 0.05) is 0 Å². The maximum Gasteiger partial charge on any atom is 0.312 e. The molecule has 0 saturated carbocycles. The first-order valence-corrected chi connectivity index (χ1v) is 5.57. The summed E-state index contributed by atoms with van der Waals surface area (Å²) in [6, 6.07) is 7.42. The summed E-state index contributed by atoms with van der Waals surface area (Å²) in [6.07, 6.45) is 1.88. The molecule has 0 spiro atoms. The summed E-state index contributed by atoms with van der Waals surface area (Å²) in [4.78, 5) is 22.0. The molecule has 1 aromatic rings. The zero-order chi connectivity index (χ0) is 12.3. The first-order chi connectivity index (χ1) is 8.16. The summed E-state index contributed by atoms with van der Waals surface area (Å²) in [6.45, 7) is -0.0754. The Kier molecular flexibility index (Phi) is 3.27. The van der Waals surface area contributed by atoms with Gasteiger partial charge in [-0.3, -0.25) is 4.79 Å². The Morgan fingerprint density at radius 3 is 2.88 bits per heavy atom. The van der Waals surface area contributed by atoms with Crippen molar-refractivity contribution in [2.45, 2.75) is 18.9 Å². The summed E-state index contributed by atoms with van der Waals surface area (Å²) >= 11 is 0. The highest BCUT2D eigenvalue weighted by molar-refractivity contribution is 5.83. The average molecular weight is 233 g/mol. The number of nitrogens with one attached hydrogen (secondary N) is 2. The zero-order valence-electron chi connectivity index (χ0n) is 9.40. The van der Waals surface area contributed by atoms with Crippen molar-refractivity contribution < 1.29 is 9.59 Å². The molecule has 17 heavy (non-hydrogen) atoms. The van der Waals surface area contributed by atoms with Gasteiger partial charge in [0.1, 0.15) is 0 Å². The van der Waals surface area contributed by atoms with Crippen LogP contribution in [0.2, 0.25) is 0 Å². The molecule has 0 heterocycles. The van der Waals surface area contributed by atoms with Crippen LogP contribution in [0.4, 0.5) is 4.79 Å². The number of rotatable bonds is 3. The predicted molar refractivity (Wildman–Crippen MR) is 63.2 cm³/mol. The quantitative estimate of drug-likeness (QED) is 0.708. The van der Waals surface area contributed by atoms with Crippen LogP contribution < -0.4 is 16.4 Å². The lowest BCUT2D eigenvalue weighted by Crippen LogP contribution is -2.40. The fourth-order valence-electron chi connectivity index (χ4n) is 2.12. The van der Waals surface area contributed by atoms with Gasteiger partial charge in [-0.15, -0.1) is 0 Å². The lowest BCUT2D eigenvalue weighted by molar-refractivity contribution is -0.120. The first kappa shape index (κ1) is 11.4. The van der Waals surface area contributed by atoms with Crippen LogP contribution in [0.5, 0.6) is 0 Å². The van der Waals surface area contributed by atoms with Gasteiger partial charge >= 0.3 is 6.03 Å². The largest absolute Gasteiger partial charge is 0.352 e. The van der Waals surface area contributed by atoms with Crippen LogP contribution in [0.1, 0.15) is 23.6 Å². The summed E-state index contributed by atoms with van der Waals surface area (Å²) in [5.41, 5.74) is 7.34. The third kappa shape index (κ3) is 2.75. The second-order valence-corrected chi connectivity index (χ2v) is 4.08. The van der Waals surface area contributed by atoms with Gasteiger partial charge in [-0.05, 0) is 24.0 Å². The van der Waals surface area contributed by atoms with Crippen molar-refractivity contribution in [3.05, 3.63) is 35.4 Å². The maximum absolute atomic E-state index is 11.5. The molecule has 5 heteroatoms. The van der Waals surface area contributed by atoms with Crippen molar-refractivity contribution in [1.82, 2.24) is 10.6 Å². The van der Waals surface area contributed by atoms with E-state index in [0.29, 0.717) is 0 Å². The van der Waals surface area contributed by atoms with E-state index in [9.17, 15) is 9.59 Å². The van der Waals surface area contributed by atoms with E-state index < -0.39 is 6.03 Å². The molecular weight excluding hydrogens is 218 g/mol. The minimum Gasteiger partial charge on any atom is -0.352 e. The van der Waals surface area contributed by atoms with Crippen LogP contribution in [-0.2, 0) is 11.2 Å². The number of amides is 3. The molecule has 1 aromatic carbocycles. The molecule has 1 atom stereocenters. The average Bonchev–Trinajstić information content (AvgIpc) is 2.70. The number of primary amides is 1. The maximum atomic E-state index is 11.5. The van der Waals surface area contributed by atoms with E-state index in [2.05, 4.69) is 16.7 Å². The normalized spacial score (nSPS) is 17.3. The second kappa shape index (κ2) is 4.86. The lowest BCUT2D eigenvalue weighted by Gasteiger charge is -2.14. The van der Waals surface area contributed by atoms with E-state index in [1.165, 1.54) is 11.1 Å². The van der Waals surface area contributed by atoms with Crippen LogP contribution in [0.3, 0.4) is 0 Å². The number of hydrogen-bond acceptors (Lipinski definition) is 2. The highest BCUT2D eigenvalue weighted by atomic mass is 16.2. The molecule has 0 bridgehead atoms. The minimum absolute atomic E-state index is 0.0494. The number of carbonyl (C=O) groups excluding carboxylic acids is 2. The standard InChI is InChI=1S/C12H15N3O2/c13-12(17)14-7-11(16)15-10-6-5-8-3-1-2-4-9(8)10/h1-4,10H,5-7H2,(H,15,16)(H3,13,14,17)/t10-/m1/s1. The van der Waals surface area contributed by atoms with Crippen molar-refractivity contribution >= 4 is 11.9 Å². The summed E-state index contributed by atoms with van der Waals surface area (Å²) in [5.74, 6) is -0.217. The molecule has 4 N–H and O–H groups in total. The number of urea groups is 1. The molecule has 2 rings (SSSR count). The Hall–Kier alpha value is -2.04. The number of fused-ring (bicyclic) bond motifs is 1. The van der Waals surface area contributed by atoms with E-state index in [1.807, 2.05) is 18.2 Å². The molecule has 0 saturated heterocycles. The van der Waals surface area contributed by atoms with Crippen molar-refractivity contribution in [1.29, 1.82) is 0 Å². The first-order valence-electron chi connectivity index (χ1n) is 5.57. The fourth-order valence-corrected chi connectivity index (χ4v) is 2.12. The van der Waals surface area contributed by atoms with E-state index in [0.717, 1.165) is 12.8 Å². The molecule has 0 fully saturated rings. The molecule has 0 radical (unpaired) electrons. The highest BCUT2D eigenvalue weighted by Crippen LogP contribution is 2.30. The second-order valence-electron chi connectivity index (χ2n) is 4.08. The van der Waals surface area contributed by atoms with E-state index in [-0.39, 0.29) is 18.5 Å². The van der Waals surface area contributed by atoms with Gasteiger partial charge in [-0.2, -0.15) is 0 Å². The molecule has 90 valence electrons. The van der Waals surface area contributed by atoms with E-state index in [1.54, 1.807) is 0 Å². The Morgan fingerprint density at radius 1 is 1.35 bits per heavy atom. The van der Waals surface area contributed by atoms with Crippen LogP contribution in [0.25, 0.3) is 0 Å². The molecule has 0 unspecified atom stereocenters. The topological polar surface area (TPSA) is 84.2 Å². The molecular formula is C12H15N3O2. The van der Waals surface area contributed by atoms with Gasteiger partial charge in [-0.1, -0.05) is 24.3 Å². The third-order valence-electron chi connectivity index (χ3n) is 2.89. The highest BCUT2D eigenvalue weighted by Gasteiger charge is 2.23. The fraction of sp³-hybridized carbons (Fsp3) is 0.333. The number of aryl methyl sites for hydroxylation is 1. The van der Waals surface area contributed by atoms with Crippen molar-refractivity contribution in [2.24, 2.45) is 5.73 Å². The van der Waals surface area contributed by atoms with Crippen LogP contribution >= 0.6 is 0 Å². The Balaban J connectivity index is 1.93. The van der Waals surface area contributed by atoms with Gasteiger partial charge in [0.25, 0.3) is 0 Å². The number of carbonyl (C=O) groups is 2. The summed E-state index contributed by atoms with van der Waals surface area (Å²) in [5, 5.41) is 5.15. The minimum atomic E-state index is -0.688. The molecule has 0 aliphatic heterocycles. The molecule has 5 nitrogen and oxygen atoms in total. The molecule has 0 aromatic heterocycles. The van der Waals surface area contributed by atoms with Crippen LogP contribution in [0.15, 0.2) is 24.3 Å². The van der Waals surface area contributed by atoms with E-state index >= 15 is 0 Å². The van der Waals surface area contributed by atoms with Crippen molar-refractivity contribution in [3.8, 4) is 0 Å². The Labute approximate surface area is 99.4 Å². The van der Waals surface area contributed by atoms with Gasteiger partial charge in [0.2, 0.25) is 5.91 Å². The van der Waals surface area contributed by atoms with Gasteiger partial charge < -0.3 is 16.4 Å². The molecule has 1 aliphatic rings.